The van der Waals surface area contributed by atoms with Crippen LogP contribution in [0.25, 0.3) is 16.9 Å². The molecule has 0 aliphatic rings. The molecule has 6 nitrogen and oxygen atoms in total. The molecule has 0 aliphatic carbocycles. The van der Waals surface area contributed by atoms with E-state index >= 15 is 0 Å². The van der Waals surface area contributed by atoms with Crippen molar-refractivity contribution in [3.8, 4) is 11.6 Å². The Morgan fingerprint density at radius 3 is 2.19 bits per heavy atom. The van der Waals surface area contributed by atoms with E-state index in [1.54, 1.807) is 16.2 Å². The maximum Gasteiger partial charge on any atom is 0.334 e. The van der Waals surface area contributed by atoms with Crippen molar-refractivity contribution < 1.29 is 4.74 Å². The molecular weight excluding hydrogens is 340 g/mol. The highest BCUT2D eigenvalue weighted by Crippen LogP contribution is 2.28. The normalized spacial score (nSPS) is 11.6. The van der Waals surface area contributed by atoms with Crippen LogP contribution in [0.15, 0.2) is 16.9 Å². The molecule has 0 atom stereocenters. The zero-order valence-corrected chi connectivity index (χ0v) is 17.3. The van der Waals surface area contributed by atoms with Crippen LogP contribution >= 0.6 is 0 Å². The Morgan fingerprint density at radius 1 is 1.04 bits per heavy atom. The van der Waals surface area contributed by atoms with E-state index in [-0.39, 0.29) is 11.8 Å². The summed E-state index contributed by atoms with van der Waals surface area (Å²) in [5.74, 6) is 1.07. The van der Waals surface area contributed by atoms with Gasteiger partial charge in [-0.1, -0.05) is 31.5 Å². The van der Waals surface area contributed by atoms with E-state index in [2.05, 4.69) is 42.9 Å². The number of aromatic nitrogens is 4. The van der Waals surface area contributed by atoms with Gasteiger partial charge in [0.05, 0.1) is 5.69 Å². The fourth-order valence-electron chi connectivity index (χ4n) is 3.73. The van der Waals surface area contributed by atoms with E-state index in [1.807, 2.05) is 20.8 Å². The first-order chi connectivity index (χ1) is 12.8. The fourth-order valence-corrected chi connectivity index (χ4v) is 3.73. The van der Waals surface area contributed by atoms with Gasteiger partial charge in [0, 0.05) is 7.05 Å². The second kappa shape index (κ2) is 7.18. The van der Waals surface area contributed by atoms with Crippen LogP contribution in [0.1, 0.15) is 49.2 Å². The molecule has 1 aromatic carbocycles. The number of hydrogen-bond acceptors (Lipinski definition) is 4. The molecule has 2 heterocycles. The van der Waals surface area contributed by atoms with Crippen molar-refractivity contribution >= 4 is 11.2 Å². The topological polar surface area (TPSA) is 61.9 Å². The summed E-state index contributed by atoms with van der Waals surface area (Å²) >= 11 is 0. The molecule has 0 spiro atoms. The highest BCUT2D eigenvalue weighted by Gasteiger charge is 2.23. The number of benzene rings is 1. The van der Waals surface area contributed by atoms with Crippen molar-refractivity contribution in [3.05, 3.63) is 45.1 Å². The maximum absolute atomic E-state index is 13.2. The number of ether oxygens (including phenoxy) is 1. The molecule has 0 aliphatic heterocycles. The molecule has 3 aromatic rings. The van der Waals surface area contributed by atoms with E-state index in [0.29, 0.717) is 22.9 Å². The SMILES string of the molecule is CCC(CC)Oc1nc(C)nc2c1n(C)c(=O)n2-c1c(C)cc(C)cc1C. The van der Waals surface area contributed by atoms with Gasteiger partial charge >= 0.3 is 5.69 Å². The van der Waals surface area contributed by atoms with Crippen LogP contribution in [0.5, 0.6) is 5.88 Å². The number of fused-ring (bicyclic) bond motifs is 1. The number of hydrogen-bond donors (Lipinski definition) is 0. The summed E-state index contributed by atoms with van der Waals surface area (Å²) in [5.41, 5.74) is 5.22. The average molecular weight is 368 g/mol. The van der Waals surface area contributed by atoms with Crippen molar-refractivity contribution in [3.63, 3.8) is 0 Å². The number of imidazole rings is 1. The van der Waals surface area contributed by atoms with Gasteiger partial charge in [0.1, 0.15) is 11.9 Å². The highest BCUT2D eigenvalue weighted by atomic mass is 16.5. The molecule has 0 N–H and O–H groups in total. The predicted molar refractivity (Wildman–Crippen MR) is 108 cm³/mol. The highest BCUT2D eigenvalue weighted by molar-refractivity contribution is 5.79. The first kappa shape index (κ1) is 19.1. The van der Waals surface area contributed by atoms with Crippen LogP contribution in [-0.4, -0.2) is 25.2 Å². The van der Waals surface area contributed by atoms with Gasteiger partial charge in [0.2, 0.25) is 5.88 Å². The van der Waals surface area contributed by atoms with Gasteiger partial charge in [-0.15, -0.1) is 0 Å². The molecule has 0 saturated carbocycles. The van der Waals surface area contributed by atoms with Crippen molar-refractivity contribution in [1.29, 1.82) is 0 Å². The third-order valence-corrected chi connectivity index (χ3v) is 5.02. The summed E-state index contributed by atoms with van der Waals surface area (Å²) in [5, 5.41) is 0. The first-order valence-corrected chi connectivity index (χ1v) is 9.49. The zero-order valence-electron chi connectivity index (χ0n) is 17.3. The minimum atomic E-state index is -0.144. The molecule has 144 valence electrons. The minimum Gasteiger partial charge on any atom is -0.473 e. The molecule has 0 radical (unpaired) electrons. The van der Waals surface area contributed by atoms with Crippen molar-refractivity contribution in [2.75, 3.05) is 0 Å². The Labute approximate surface area is 159 Å². The molecule has 0 amide bonds. The number of nitrogens with zero attached hydrogens (tertiary/aromatic N) is 4. The quantitative estimate of drug-likeness (QED) is 0.685. The number of aryl methyl sites for hydroxylation is 5. The standard InChI is InChI=1S/C21H28N4O2/c1-8-16(9-2)27-20-18-19(22-15(6)23-20)25(21(26)24(18)7)17-13(4)10-12(3)11-14(17)5/h10-11,16H,8-9H2,1-7H3. The van der Waals surface area contributed by atoms with E-state index < -0.39 is 0 Å². The number of rotatable bonds is 5. The summed E-state index contributed by atoms with van der Waals surface area (Å²) in [7, 11) is 1.75. The average Bonchev–Trinajstić information content (AvgIpc) is 2.83. The van der Waals surface area contributed by atoms with Crippen molar-refractivity contribution in [2.24, 2.45) is 7.05 Å². The van der Waals surface area contributed by atoms with Gasteiger partial charge in [-0.3, -0.25) is 4.57 Å². The molecule has 0 saturated heterocycles. The van der Waals surface area contributed by atoms with Crippen LogP contribution in [0, 0.1) is 27.7 Å². The van der Waals surface area contributed by atoms with Crippen LogP contribution < -0.4 is 10.4 Å². The summed E-state index contributed by atoms with van der Waals surface area (Å²) in [4.78, 5) is 22.3. The zero-order chi connectivity index (χ0) is 19.9. The molecule has 2 aromatic heterocycles. The Balaban J connectivity index is 2.36. The van der Waals surface area contributed by atoms with Crippen LogP contribution in [0.3, 0.4) is 0 Å². The fraction of sp³-hybridized carbons (Fsp3) is 0.476. The largest absolute Gasteiger partial charge is 0.473 e. The molecule has 3 rings (SSSR count). The minimum absolute atomic E-state index is 0.0591. The van der Waals surface area contributed by atoms with Gasteiger partial charge in [0.25, 0.3) is 0 Å². The van der Waals surface area contributed by atoms with Gasteiger partial charge in [-0.25, -0.2) is 14.3 Å². The van der Waals surface area contributed by atoms with Gasteiger partial charge in [-0.05, 0) is 51.7 Å². The summed E-state index contributed by atoms with van der Waals surface area (Å²) in [6.07, 6.45) is 1.82. The Morgan fingerprint density at radius 2 is 1.63 bits per heavy atom. The van der Waals surface area contributed by atoms with Gasteiger partial charge < -0.3 is 4.74 Å². The lowest BCUT2D eigenvalue weighted by Gasteiger charge is -2.16. The van der Waals surface area contributed by atoms with Crippen molar-refractivity contribution in [1.82, 2.24) is 19.1 Å². The lowest BCUT2D eigenvalue weighted by Crippen LogP contribution is -2.22. The second-order valence-corrected chi connectivity index (χ2v) is 7.23. The Hall–Kier alpha value is -2.63. The summed E-state index contributed by atoms with van der Waals surface area (Å²) < 4.78 is 9.42. The van der Waals surface area contributed by atoms with Gasteiger partial charge in [-0.2, -0.15) is 4.98 Å². The molecule has 0 fully saturated rings. The maximum atomic E-state index is 13.2. The molecule has 27 heavy (non-hydrogen) atoms. The summed E-state index contributed by atoms with van der Waals surface area (Å²) in [6, 6.07) is 4.17. The van der Waals surface area contributed by atoms with Gasteiger partial charge in [0.15, 0.2) is 11.2 Å². The van der Waals surface area contributed by atoms with Crippen molar-refractivity contribution in [2.45, 2.75) is 60.5 Å². The monoisotopic (exact) mass is 368 g/mol. The molecule has 0 bridgehead atoms. The third-order valence-electron chi connectivity index (χ3n) is 5.02. The summed E-state index contributed by atoms with van der Waals surface area (Å²) in [6.45, 7) is 12.1. The van der Waals surface area contributed by atoms with E-state index in [1.165, 1.54) is 5.56 Å². The third kappa shape index (κ3) is 3.24. The molecule has 6 heteroatoms. The Bertz CT molecular complexity index is 1040. The van der Waals surface area contributed by atoms with Crippen LogP contribution in [0.4, 0.5) is 0 Å². The predicted octanol–water partition coefficient (Wildman–Crippen LogP) is 3.92. The van der Waals surface area contributed by atoms with Crippen LogP contribution in [-0.2, 0) is 7.05 Å². The van der Waals surface area contributed by atoms with E-state index in [0.717, 1.165) is 29.7 Å². The lowest BCUT2D eigenvalue weighted by atomic mass is 10.1. The smallest absolute Gasteiger partial charge is 0.334 e. The lowest BCUT2D eigenvalue weighted by molar-refractivity contribution is 0.186. The first-order valence-electron chi connectivity index (χ1n) is 9.49. The van der Waals surface area contributed by atoms with E-state index in [9.17, 15) is 4.79 Å². The molecular formula is C21H28N4O2. The second-order valence-electron chi connectivity index (χ2n) is 7.23. The Kier molecular flexibility index (Phi) is 5.09. The van der Waals surface area contributed by atoms with Crippen LogP contribution in [0.2, 0.25) is 0 Å². The molecule has 0 unspecified atom stereocenters. The van der Waals surface area contributed by atoms with E-state index in [4.69, 9.17) is 4.74 Å².